The fourth-order valence-corrected chi connectivity index (χ4v) is 3.36. The molecule has 0 heterocycles. The third-order valence-corrected chi connectivity index (χ3v) is 4.73. The summed E-state index contributed by atoms with van der Waals surface area (Å²) in [6.45, 7) is 0. The highest BCUT2D eigenvalue weighted by molar-refractivity contribution is 6.34. The molecule has 0 aliphatic heterocycles. The number of aromatic hydroxyl groups is 4. The summed E-state index contributed by atoms with van der Waals surface area (Å²) in [5.41, 5.74) is 0.410. The summed E-state index contributed by atoms with van der Waals surface area (Å²) in [6.07, 6.45) is 0. The maximum absolute atomic E-state index is 10.4. The molecular formula is C20H13ClO4. The van der Waals surface area contributed by atoms with E-state index in [0.717, 1.165) is 21.5 Å². The standard InChI is InChI=1S/C20H13ClO4/c21-16-19(24)17(22)15(18(23)20(16)25)14-9-10-5-1-2-6-11(10)12-7-3-4-8-13(12)14/h1-9,22-25H. The summed E-state index contributed by atoms with van der Waals surface area (Å²) in [5.74, 6) is -2.52. The molecule has 5 heteroatoms. The zero-order valence-electron chi connectivity index (χ0n) is 12.9. The number of hydrogen-bond donors (Lipinski definition) is 4. The lowest BCUT2D eigenvalue weighted by Crippen LogP contribution is -1.88. The van der Waals surface area contributed by atoms with Gasteiger partial charge in [-0.3, -0.25) is 0 Å². The van der Waals surface area contributed by atoms with Crippen molar-refractivity contribution in [1.29, 1.82) is 0 Å². The zero-order valence-corrected chi connectivity index (χ0v) is 13.6. The van der Waals surface area contributed by atoms with Gasteiger partial charge in [0.25, 0.3) is 0 Å². The molecule has 0 unspecified atom stereocenters. The van der Waals surface area contributed by atoms with Gasteiger partial charge >= 0.3 is 0 Å². The lowest BCUT2D eigenvalue weighted by molar-refractivity contribution is 0.376. The van der Waals surface area contributed by atoms with E-state index in [2.05, 4.69) is 0 Å². The predicted molar refractivity (Wildman–Crippen MR) is 98.6 cm³/mol. The Morgan fingerprint density at radius 1 is 0.600 bits per heavy atom. The lowest BCUT2D eigenvalue weighted by atomic mass is 9.92. The number of halogens is 1. The Morgan fingerprint density at radius 2 is 1.12 bits per heavy atom. The van der Waals surface area contributed by atoms with Crippen molar-refractivity contribution < 1.29 is 20.4 Å². The Hall–Kier alpha value is -3.11. The zero-order chi connectivity index (χ0) is 17.7. The minimum atomic E-state index is -0.677. The van der Waals surface area contributed by atoms with Gasteiger partial charge < -0.3 is 20.4 Å². The van der Waals surface area contributed by atoms with Gasteiger partial charge in [-0.15, -0.1) is 0 Å². The molecule has 0 atom stereocenters. The van der Waals surface area contributed by atoms with E-state index < -0.39 is 28.0 Å². The lowest BCUT2D eigenvalue weighted by Gasteiger charge is -2.16. The molecule has 4 aromatic rings. The van der Waals surface area contributed by atoms with Crippen LogP contribution in [0.4, 0.5) is 0 Å². The molecule has 4 nitrogen and oxygen atoms in total. The fraction of sp³-hybridized carbons (Fsp3) is 0. The van der Waals surface area contributed by atoms with Crippen molar-refractivity contribution in [2.75, 3.05) is 0 Å². The van der Waals surface area contributed by atoms with Gasteiger partial charge in [-0.25, -0.2) is 0 Å². The van der Waals surface area contributed by atoms with Crippen LogP contribution in [0.5, 0.6) is 23.0 Å². The van der Waals surface area contributed by atoms with Crippen molar-refractivity contribution >= 4 is 33.1 Å². The van der Waals surface area contributed by atoms with Crippen LogP contribution < -0.4 is 0 Å². The molecule has 124 valence electrons. The van der Waals surface area contributed by atoms with Crippen molar-refractivity contribution in [3.63, 3.8) is 0 Å². The van der Waals surface area contributed by atoms with Gasteiger partial charge in [0.1, 0.15) is 5.02 Å². The Balaban J connectivity index is 2.22. The summed E-state index contributed by atoms with van der Waals surface area (Å²) in [6, 6.07) is 17.0. The van der Waals surface area contributed by atoms with Crippen LogP contribution in [0.25, 0.3) is 32.7 Å². The van der Waals surface area contributed by atoms with Gasteiger partial charge in [0, 0.05) is 0 Å². The number of hydrogen-bond acceptors (Lipinski definition) is 4. The Morgan fingerprint density at radius 3 is 1.76 bits per heavy atom. The van der Waals surface area contributed by atoms with Gasteiger partial charge in [0.2, 0.25) is 0 Å². The molecular weight excluding hydrogens is 340 g/mol. The van der Waals surface area contributed by atoms with E-state index in [-0.39, 0.29) is 5.56 Å². The second-order valence-corrected chi connectivity index (χ2v) is 6.15. The number of phenols is 4. The van der Waals surface area contributed by atoms with Crippen LogP contribution in [-0.2, 0) is 0 Å². The van der Waals surface area contributed by atoms with Crippen LogP contribution in [0.3, 0.4) is 0 Å². The largest absolute Gasteiger partial charge is 0.504 e. The maximum Gasteiger partial charge on any atom is 0.181 e. The Labute approximate surface area is 147 Å². The van der Waals surface area contributed by atoms with Gasteiger partial charge in [-0.1, -0.05) is 60.1 Å². The second kappa shape index (κ2) is 5.46. The number of benzene rings is 4. The summed E-state index contributed by atoms with van der Waals surface area (Å²) >= 11 is 5.74. The molecule has 4 aromatic carbocycles. The van der Waals surface area contributed by atoms with Crippen molar-refractivity contribution in [3.8, 4) is 34.1 Å². The Kier molecular flexibility index (Phi) is 3.37. The smallest absolute Gasteiger partial charge is 0.181 e. The first-order valence-electron chi connectivity index (χ1n) is 7.57. The van der Waals surface area contributed by atoms with Crippen LogP contribution in [0.15, 0.2) is 54.6 Å². The highest BCUT2D eigenvalue weighted by atomic mass is 35.5. The van der Waals surface area contributed by atoms with E-state index in [4.69, 9.17) is 11.6 Å². The van der Waals surface area contributed by atoms with Gasteiger partial charge in [0.15, 0.2) is 23.0 Å². The third kappa shape index (κ3) is 2.15. The molecule has 0 aliphatic rings. The quantitative estimate of drug-likeness (QED) is 0.217. The van der Waals surface area contributed by atoms with Crippen LogP contribution in [0.1, 0.15) is 0 Å². The highest BCUT2D eigenvalue weighted by Gasteiger charge is 2.25. The van der Waals surface area contributed by atoms with Crippen molar-refractivity contribution in [2.24, 2.45) is 0 Å². The first-order valence-corrected chi connectivity index (χ1v) is 7.94. The number of fused-ring (bicyclic) bond motifs is 3. The monoisotopic (exact) mass is 352 g/mol. The molecule has 0 aromatic heterocycles. The summed E-state index contributed by atoms with van der Waals surface area (Å²) in [5, 5.41) is 43.8. The molecule has 4 N–H and O–H groups in total. The van der Waals surface area contributed by atoms with Gasteiger partial charge in [-0.05, 0) is 33.2 Å². The van der Waals surface area contributed by atoms with E-state index in [0.29, 0.717) is 5.56 Å². The first kappa shape index (κ1) is 15.4. The van der Waals surface area contributed by atoms with Crippen LogP contribution >= 0.6 is 11.6 Å². The topological polar surface area (TPSA) is 80.9 Å². The Bertz CT molecular complexity index is 1120. The van der Waals surface area contributed by atoms with Gasteiger partial charge in [0.05, 0.1) is 5.56 Å². The van der Waals surface area contributed by atoms with E-state index in [1.165, 1.54) is 0 Å². The first-order chi connectivity index (χ1) is 12.0. The van der Waals surface area contributed by atoms with Crippen molar-refractivity contribution in [3.05, 3.63) is 59.6 Å². The van der Waals surface area contributed by atoms with Crippen LogP contribution in [0.2, 0.25) is 5.02 Å². The molecule has 0 aliphatic carbocycles. The minimum absolute atomic E-state index is 0.0682. The second-order valence-electron chi connectivity index (χ2n) is 5.77. The highest BCUT2D eigenvalue weighted by Crippen LogP contribution is 2.54. The van der Waals surface area contributed by atoms with E-state index >= 15 is 0 Å². The molecule has 4 rings (SSSR count). The molecule has 0 amide bonds. The summed E-state index contributed by atoms with van der Waals surface area (Å²) in [7, 11) is 0. The average Bonchev–Trinajstić information content (AvgIpc) is 2.65. The normalized spacial score (nSPS) is 11.2. The van der Waals surface area contributed by atoms with Crippen molar-refractivity contribution in [1.82, 2.24) is 0 Å². The number of phenolic OH excluding ortho intramolecular Hbond substituents is 4. The van der Waals surface area contributed by atoms with Crippen LogP contribution in [0, 0.1) is 0 Å². The molecule has 25 heavy (non-hydrogen) atoms. The van der Waals surface area contributed by atoms with Crippen molar-refractivity contribution in [2.45, 2.75) is 0 Å². The molecule has 0 bridgehead atoms. The molecule has 0 saturated carbocycles. The minimum Gasteiger partial charge on any atom is -0.504 e. The predicted octanol–water partition coefficient (Wildman–Crippen LogP) is 5.14. The third-order valence-electron chi connectivity index (χ3n) is 4.38. The van der Waals surface area contributed by atoms with Gasteiger partial charge in [-0.2, -0.15) is 0 Å². The summed E-state index contributed by atoms with van der Waals surface area (Å²) < 4.78 is 0. The van der Waals surface area contributed by atoms with E-state index in [9.17, 15) is 20.4 Å². The molecule has 0 radical (unpaired) electrons. The SMILES string of the molecule is Oc1c(O)c(-c2cc3ccccc3c3ccccc23)c(O)c(O)c1Cl. The maximum atomic E-state index is 10.4. The number of rotatable bonds is 1. The average molecular weight is 353 g/mol. The molecule has 0 saturated heterocycles. The van der Waals surface area contributed by atoms with Crippen LogP contribution in [-0.4, -0.2) is 20.4 Å². The van der Waals surface area contributed by atoms with E-state index in [1.807, 2.05) is 48.5 Å². The van der Waals surface area contributed by atoms with E-state index in [1.54, 1.807) is 6.07 Å². The summed E-state index contributed by atoms with van der Waals surface area (Å²) in [4.78, 5) is 0. The molecule has 0 fully saturated rings. The fourth-order valence-electron chi connectivity index (χ4n) is 3.19. The molecule has 0 spiro atoms.